The van der Waals surface area contributed by atoms with Gasteiger partial charge in [-0.15, -0.1) is 17.0 Å². The summed E-state index contributed by atoms with van der Waals surface area (Å²) in [4.78, 5) is 24.8. The van der Waals surface area contributed by atoms with Gasteiger partial charge in [-0.3, -0.25) is 9.78 Å². The summed E-state index contributed by atoms with van der Waals surface area (Å²) in [5.74, 6) is -0.378. The zero-order valence-electron chi connectivity index (χ0n) is 32.3. The van der Waals surface area contributed by atoms with Gasteiger partial charge in [0.25, 0.3) is 0 Å². The molecular weight excluding hydrogens is 800 g/mol. The lowest BCUT2D eigenvalue weighted by Gasteiger charge is -2.28. The van der Waals surface area contributed by atoms with Gasteiger partial charge in [-0.25, -0.2) is 14.4 Å². The van der Waals surface area contributed by atoms with Crippen molar-refractivity contribution in [3.05, 3.63) is 163 Å². The molecule has 0 radical (unpaired) electrons. The second-order valence-corrected chi connectivity index (χ2v) is 18.0. The highest BCUT2D eigenvalue weighted by Crippen LogP contribution is 2.51. The van der Waals surface area contributed by atoms with E-state index in [1.54, 1.807) is 19.2 Å². The molecule has 7 nitrogen and oxygen atoms in total. The number of carboxylic acids is 1. The smallest absolute Gasteiger partial charge is 0.306 e. The van der Waals surface area contributed by atoms with Gasteiger partial charge in [-0.05, 0) is 97.2 Å². The molecule has 57 heavy (non-hydrogen) atoms. The molecule has 10 heteroatoms. The number of hydrogen-bond acceptors (Lipinski definition) is 6. The number of methoxy groups -OCH3 is 1. The fourth-order valence-electron chi connectivity index (χ4n) is 7.64. The van der Waals surface area contributed by atoms with Crippen LogP contribution in [0.3, 0.4) is 0 Å². The van der Waals surface area contributed by atoms with E-state index in [1.165, 1.54) is 29.1 Å². The van der Waals surface area contributed by atoms with Crippen molar-refractivity contribution in [3.8, 4) is 22.9 Å². The van der Waals surface area contributed by atoms with Crippen molar-refractivity contribution in [2.45, 2.75) is 44.6 Å². The number of carboxylic acid groups (broad SMARTS) is 1. The molecule has 6 aromatic rings. The number of carbonyl (C=O) groups is 1. The number of nitrogens with zero attached hydrogens (tertiary/aromatic N) is 3. The van der Waals surface area contributed by atoms with Crippen LogP contribution in [-0.4, -0.2) is 39.8 Å². The van der Waals surface area contributed by atoms with Crippen LogP contribution in [0.5, 0.6) is 11.6 Å². The van der Waals surface area contributed by atoms with Gasteiger partial charge in [0.05, 0.1) is 49.2 Å². The lowest BCUT2D eigenvalue weighted by Crippen LogP contribution is -2.30. The fourth-order valence-corrected chi connectivity index (χ4v) is 10.8. The summed E-state index contributed by atoms with van der Waals surface area (Å²) in [5, 5.41) is 13.9. The number of halogens is 2. The Labute approximate surface area is 345 Å². The number of pyridine rings is 1. The molecule has 4 aromatic carbocycles. The van der Waals surface area contributed by atoms with Crippen LogP contribution in [0.25, 0.3) is 17.3 Å². The highest BCUT2D eigenvalue weighted by atomic mass is 79.9. The molecule has 0 amide bonds. The normalized spacial score (nSPS) is 15.6. The standard InChI is InChI=1S/C28H28FN3O4.C19H18P.BrH/c1-4-21-27(19-12-25(35-3)30-13-20(19)29)31-14-22(32-21)23-10-9-16-5-8-18(11-24(16)36-23)26(17-6-7-17)15(2)28(33)34;1-20(17-11-5-2-6-12-17,18-13-7-3-8-14-18)19-15-9-4-10-16-19;/h4-5,8,11-15,17,23,26H,1,6-7,9-10H2,2-3H3,(H,33,34);2-16H,1H3;1H/q;+1;/t15-,23?,26-;;/m0../s1. The van der Waals surface area contributed by atoms with E-state index in [1.807, 2.05) is 18.2 Å². The summed E-state index contributed by atoms with van der Waals surface area (Å²) < 4.78 is 26.0. The third-order valence-electron chi connectivity index (χ3n) is 10.9. The number of fused-ring (bicyclic) bond motifs is 1. The Balaban J connectivity index is 0.000000221. The number of rotatable bonds is 11. The van der Waals surface area contributed by atoms with Crippen LogP contribution >= 0.6 is 24.2 Å². The Morgan fingerprint density at radius 2 is 1.49 bits per heavy atom. The number of aliphatic carboxylic acids is 1. The summed E-state index contributed by atoms with van der Waals surface area (Å²) in [6.07, 6.45) is 7.53. The molecule has 0 spiro atoms. The molecule has 3 atom stereocenters. The molecule has 2 aliphatic rings. The fraction of sp³-hybridized carbons (Fsp3) is 0.234. The molecule has 1 aliphatic carbocycles. The van der Waals surface area contributed by atoms with Crippen LogP contribution in [0.4, 0.5) is 4.39 Å². The van der Waals surface area contributed by atoms with Crippen molar-refractivity contribution >= 4 is 52.2 Å². The zero-order valence-corrected chi connectivity index (χ0v) is 34.9. The van der Waals surface area contributed by atoms with Gasteiger partial charge in [-0.1, -0.05) is 80.2 Å². The van der Waals surface area contributed by atoms with Gasteiger partial charge in [-0.2, -0.15) is 0 Å². The first-order chi connectivity index (χ1) is 27.2. The number of ether oxygens (including phenoxy) is 2. The van der Waals surface area contributed by atoms with E-state index in [2.05, 4.69) is 114 Å². The zero-order chi connectivity index (χ0) is 39.2. The van der Waals surface area contributed by atoms with Gasteiger partial charge < -0.3 is 14.6 Å². The summed E-state index contributed by atoms with van der Waals surface area (Å²) in [6, 6.07) is 40.2. The first kappa shape index (κ1) is 41.4. The second-order valence-electron chi connectivity index (χ2n) is 14.5. The third-order valence-corrected chi connectivity index (χ3v) is 14.9. The van der Waals surface area contributed by atoms with Gasteiger partial charge in [0.2, 0.25) is 5.88 Å². The maximum absolute atomic E-state index is 14.5. The summed E-state index contributed by atoms with van der Waals surface area (Å²) in [5.41, 5.74) is 3.74. The molecule has 0 saturated heterocycles. The summed E-state index contributed by atoms with van der Waals surface area (Å²) in [7, 11) is -0.0621. The number of hydrogen-bond donors (Lipinski definition) is 1. The average molecular weight is 848 g/mol. The number of aromatic nitrogens is 3. The molecule has 1 N–H and O–H groups in total. The largest absolute Gasteiger partial charge is 0.484 e. The maximum atomic E-state index is 14.5. The van der Waals surface area contributed by atoms with E-state index in [4.69, 9.17) is 14.5 Å². The van der Waals surface area contributed by atoms with E-state index < -0.39 is 25.0 Å². The first-order valence-electron chi connectivity index (χ1n) is 19.0. The van der Waals surface area contributed by atoms with E-state index in [-0.39, 0.29) is 40.4 Å². The SMILES string of the molecule is Br.C=Cc1nc(C2CCc3ccc([C@H](C4CC4)[C@H](C)C(=O)O)cc3O2)cnc1-c1cc(OC)ncc1F.C[P+](c1ccccc1)(c1ccccc1)c1ccccc1. The van der Waals surface area contributed by atoms with E-state index in [9.17, 15) is 14.3 Å². The number of aryl methyl sites for hydroxylation is 1. The maximum Gasteiger partial charge on any atom is 0.306 e. The lowest BCUT2D eigenvalue weighted by molar-refractivity contribution is -0.142. The van der Waals surface area contributed by atoms with Crippen molar-refractivity contribution in [1.29, 1.82) is 0 Å². The molecule has 292 valence electrons. The van der Waals surface area contributed by atoms with Crippen molar-refractivity contribution in [1.82, 2.24) is 15.0 Å². The quantitative estimate of drug-likeness (QED) is 0.130. The van der Waals surface area contributed by atoms with Crippen LogP contribution in [0.2, 0.25) is 0 Å². The Kier molecular flexibility index (Phi) is 13.3. The molecule has 3 heterocycles. The Morgan fingerprint density at radius 3 is 2.02 bits per heavy atom. The topological polar surface area (TPSA) is 94.4 Å². The van der Waals surface area contributed by atoms with Crippen LogP contribution < -0.4 is 25.4 Å². The second kappa shape index (κ2) is 18.4. The minimum absolute atomic E-state index is 0. The monoisotopic (exact) mass is 846 g/mol. The van der Waals surface area contributed by atoms with Gasteiger partial charge in [0.15, 0.2) is 5.82 Å². The van der Waals surface area contributed by atoms with Crippen LogP contribution in [0.1, 0.15) is 60.7 Å². The summed E-state index contributed by atoms with van der Waals surface area (Å²) >= 11 is 0. The number of benzene rings is 4. The average Bonchev–Trinajstić information content (AvgIpc) is 4.09. The highest BCUT2D eigenvalue weighted by Gasteiger charge is 2.40. The minimum atomic E-state index is -1.53. The first-order valence-corrected chi connectivity index (χ1v) is 21.2. The molecular formula is C47H47BrFN3O4P+. The van der Waals surface area contributed by atoms with Crippen molar-refractivity contribution < 1.29 is 23.8 Å². The predicted octanol–water partition coefficient (Wildman–Crippen LogP) is 9.80. The Morgan fingerprint density at radius 1 is 0.895 bits per heavy atom. The van der Waals surface area contributed by atoms with E-state index >= 15 is 0 Å². The van der Waals surface area contributed by atoms with Gasteiger partial charge >= 0.3 is 5.97 Å². The Bertz CT molecular complexity index is 2210. The van der Waals surface area contributed by atoms with Crippen molar-refractivity contribution in [2.24, 2.45) is 11.8 Å². The molecule has 1 unspecified atom stereocenters. The van der Waals surface area contributed by atoms with Crippen molar-refractivity contribution in [3.63, 3.8) is 0 Å². The predicted molar refractivity (Wildman–Crippen MR) is 234 cm³/mol. The molecule has 1 saturated carbocycles. The lowest BCUT2D eigenvalue weighted by atomic mass is 9.82. The van der Waals surface area contributed by atoms with Gasteiger partial charge in [0.1, 0.15) is 35.0 Å². The highest BCUT2D eigenvalue weighted by molar-refractivity contribution is 8.93. The summed E-state index contributed by atoms with van der Waals surface area (Å²) in [6.45, 7) is 8.03. The third kappa shape index (κ3) is 9.01. The van der Waals surface area contributed by atoms with E-state index in [0.717, 1.165) is 42.3 Å². The molecule has 1 aliphatic heterocycles. The van der Waals surface area contributed by atoms with Gasteiger partial charge in [0, 0.05) is 11.6 Å². The van der Waals surface area contributed by atoms with E-state index in [0.29, 0.717) is 29.4 Å². The van der Waals surface area contributed by atoms with Crippen LogP contribution in [-0.2, 0) is 11.2 Å². The van der Waals surface area contributed by atoms with Crippen LogP contribution in [0.15, 0.2) is 134 Å². The Hall–Kier alpha value is -5.24. The van der Waals surface area contributed by atoms with Crippen molar-refractivity contribution in [2.75, 3.05) is 13.8 Å². The molecule has 8 rings (SSSR count). The molecule has 1 fully saturated rings. The van der Waals surface area contributed by atoms with Crippen LogP contribution in [0, 0.1) is 17.7 Å². The minimum Gasteiger partial charge on any atom is -0.484 e. The molecule has 2 aromatic heterocycles. The molecule has 0 bridgehead atoms.